The van der Waals surface area contributed by atoms with Gasteiger partial charge in [0.05, 0.1) is 0 Å². The van der Waals surface area contributed by atoms with Crippen LogP contribution in [0.3, 0.4) is 0 Å². The predicted molar refractivity (Wildman–Crippen MR) is 59.7 cm³/mol. The SMILES string of the molecule is Cc1csc2cc(OCC(=O)O)ccc12. The van der Waals surface area contributed by atoms with E-state index in [2.05, 4.69) is 12.3 Å². The molecule has 0 spiro atoms. The molecule has 0 aliphatic carbocycles. The third-order valence-corrected chi connectivity index (χ3v) is 3.17. The van der Waals surface area contributed by atoms with Crippen LogP contribution < -0.4 is 4.74 Å². The van der Waals surface area contributed by atoms with Crippen molar-refractivity contribution in [3.05, 3.63) is 29.1 Å². The van der Waals surface area contributed by atoms with Crippen molar-refractivity contribution in [2.45, 2.75) is 6.92 Å². The molecule has 0 aliphatic heterocycles. The highest BCUT2D eigenvalue weighted by Gasteiger charge is 2.03. The van der Waals surface area contributed by atoms with Crippen LogP contribution in [0.1, 0.15) is 5.56 Å². The first kappa shape index (κ1) is 9.98. The summed E-state index contributed by atoms with van der Waals surface area (Å²) in [5.74, 6) is -0.357. The third kappa shape index (κ3) is 2.10. The number of carbonyl (C=O) groups is 1. The molecule has 2 rings (SSSR count). The lowest BCUT2D eigenvalue weighted by Gasteiger charge is -2.02. The van der Waals surface area contributed by atoms with Crippen molar-refractivity contribution in [2.24, 2.45) is 0 Å². The van der Waals surface area contributed by atoms with Crippen molar-refractivity contribution >= 4 is 27.4 Å². The van der Waals surface area contributed by atoms with Gasteiger partial charge in [0, 0.05) is 4.70 Å². The number of aliphatic carboxylic acids is 1. The smallest absolute Gasteiger partial charge is 0.341 e. The number of aryl methyl sites for hydroxylation is 1. The van der Waals surface area contributed by atoms with Crippen LogP contribution >= 0.6 is 11.3 Å². The first-order valence-corrected chi connectivity index (χ1v) is 5.37. The van der Waals surface area contributed by atoms with E-state index in [1.165, 1.54) is 10.9 Å². The minimum atomic E-state index is -0.961. The largest absolute Gasteiger partial charge is 0.482 e. The monoisotopic (exact) mass is 222 g/mol. The lowest BCUT2D eigenvalue weighted by Crippen LogP contribution is -2.09. The second-order valence-electron chi connectivity index (χ2n) is 3.26. The van der Waals surface area contributed by atoms with Gasteiger partial charge in [-0.05, 0) is 41.5 Å². The average molecular weight is 222 g/mol. The maximum Gasteiger partial charge on any atom is 0.341 e. The quantitative estimate of drug-likeness (QED) is 0.868. The first-order valence-electron chi connectivity index (χ1n) is 4.49. The van der Waals surface area contributed by atoms with E-state index in [9.17, 15) is 4.79 Å². The van der Waals surface area contributed by atoms with E-state index in [0.717, 1.165) is 4.70 Å². The Bertz CT molecular complexity index is 502. The van der Waals surface area contributed by atoms with Gasteiger partial charge in [0.25, 0.3) is 0 Å². The molecule has 1 N–H and O–H groups in total. The number of carboxylic acid groups (broad SMARTS) is 1. The van der Waals surface area contributed by atoms with Gasteiger partial charge in [-0.2, -0.15) is 0 Å². The molecule has 4 heteroatoms. The van der Waals surface area contributed by atoms with Crippen LogP contribution in [-0.4, -0.2) is 17.7 Å². The molecule has 0 saturated carbocycles. The Hall–Kier alpha value is -1.55. The molecule has 0 radical (unpaired) electrons. The number of hydrogen-bond acceptors (Lipinski definition) is 3. The van der Waals surface area contributed by atoms with Crippen LogP contribution in [0.5, 0.6) is 5.75 Å². The Labute approximate surface area is 90.9 Å². The van der Waals surface area contributed by atoms with Gasteiger partial charge in [-0.3, -0.25) is 0 Å². The summed E-state index contributed by atoms with van der Waals surface area (Å²) in [6.07, 6.45) is 0. The number of benzene rings is 1. The minimum Gasteiger partial charge on any atom is -0.482 e. The summed E-state index contributed by atoms with van der Waals surface area (Å²) in [7, 11) is 0. The Morgan fingerprint density at radius 1 is 1.53 bits per heavy atom. The fourth-order valence-electron chi connectivity index (χ4n) is 1.38. The highest BCUT2D eigenvalue weighted by Crippen LogP contribution is 2.28. The molecule has 1 aromatic carbocycles. The van der Waals surface area contributed by atoms with Gasteiger partial charge in [0.2, 0.25) is 0 Å². The van der Waals surface area contributed by atoms with Gasteiger partial charge in [0.15, 0.2) is 6.61 Å². The predicted octanol–water partition coefficient (Wildman–Crippen LogP) is 2.67. The van der Waals surface area contributed by atoms with Crippen LogP contribution in [0, 0.1) is 6.92 Å². The van der Waals surface area contributed by atoms with E-state index in [1.54, 1.807) is 17.4 Å². The molecule has 1 heterocycles. The molecule has 0 bridgehead atoms. The summed E-state index contributed by atoms with van der Waals surface area (Å²) in [6.45, 7) is 1.76. The van der Waals surface area contributed by atoms with Crippen molar-refractivity contribution < 1.29 is 14.6 Å². The molecule has 0 aliphatic rings. The minimum absolute atomic E-state index is 0.296. The lowest BCUT2D eigenvalue weighted by atomic mass is 10.2. The van der Waals surface area contributed by atoms with Gasteiger partial charge in [-0.15, -0.1) is 11.3 Å². The van der Waals surface area contributed by atoms with Crippen molar-refractivity contribution in [2.75, 3.05) is 6.61 Å². The van der Waals surface area contributed by atoms with E-state index in [1.807, 2.05) is 12.1 Å². The molecular weight excluding hydrogens is 212 g/mol. The number of rotatable bonds is 3. The van der Waals surface area contributed by atoms with Crippen LogP contribution in [0.15, 0.2) is 23.6 Å². The molecule has 1 aromatic heterocycles. The van der Waals surface area contributed by atoms with E-state index in [-0.39, 0.29) is 6.61 Å². The van der Waals surface area contributed by atoms with Gasteiger partial charge in [0.1, 0.15) is 5.75 Å². The highest BCUT2D eigenvalue weighted by molar-refractivity contribution is 7.17. The van der Waals surface area contributed by atoms with Gasteiger partial charge in [-0.1, -0.05) is 0 Å². The van der Waals surface area contributed by atoms with E-state index >= 15 is 0 Å². The molecule has 2 aromatic rings. The average Bonchev–Trinajstić information content (AvgIpc) is 2.57. The zero-order valence-electron chi connectivity index (χ0n) is 8.19. The molecule has 0 saturated heterocycles. The normalized spacial score (nSPS) is 10.5. The number of thiophene rings is 1. The molecule has 15 heavy (non-hydrogen) atoms. The van der Waals surface area contributed by atoms with Crippen LogP contribution in [0.2, 0.25) is 0 Å². The van der Waals surface area contributed by atoms with Crippen LogP contribution in [0.4, 0.5) is 0 Å². The van der Waals surface area contributed by atoms with Crippen molar-refractivity contribution in [3.8, 4) is 5.75 Å². The summed E-state index contributed by atoms with van der Waals surface area (Å²) in [4.78, 5) is 10.3. The van der Waals surface area contributed by atoms with E-state index in [0.29, 0.717) is 5.75 Å². The van der Waals surface area contributed by atoms with Gasteiger partial charge < -0.3 is 9.84 Å². The Morgan fingerprint density at radius 3 is 3.07 bits per heavy atom. The standard InChI is InChI=1S/C11H10O3S/c1-7-6-15-10-4-8(2-3-9(7)10)14-5-11(12)13/h2-4,6H,5H2,1H3,(H,12,13). The summed E-state index contributed by atoms with van der Waals surface area (Å²) >= 11 is 1.63. The topological polar surface area (TPSA) is 46.5 Å². The molecule has 0 fully saturated rings. The first-order chi connectivity index (χ1) is 7.16. The summed E-state index contributed by atoms with van der Waals surface area (Å²) < 4.78 is 6.21. The second-order valence-corrected chi connectivity index (χ2v) is 4.17. The summed E-state index contributed by atoms with van der Waals surface area (Å²) in [5, 5.41) is 11.7. The number of fused-ring (bicyclic) bond motifs is 1. The van der Waals surface area contributed by atoms with Crippen molar-refractivity contribution in [1.29, 1.82) is 0 Å². The highest BCUT2D eigenvalue weighted by atomic mass is 32.1. The zero-order chi connectivity index (χ0) is 10.8. The van der Waals surface area contributed by atoms with Crippen LogP contribution in [-0.2, 0) is 4.79 Å². The number of carboxylic acids is 1. The zero-order valence-corrected chi connectivity index (χ0v) is 9.00. The van der Waals surface area contributed by atoms with Gasteiger partial charge >= 0.3 is 5.97 Å². The second kappa shape index (κ2) is 3.90. The molecule has 0 atom stereocenters. The lowest BCUT2D eigenvalue weighted by molar-refractivity contribution is -0.139. The van der Waals surface area contributed by atoms with Gasteiger partial charge in [-0.25, -0.2) is 4.79 Å². The van der Waals surface area contributed by atoms with Crippen LogP contribution in [0.25, 0.3) is 10.1 Å². The Balaban J connectivity index is 2.27. The molecule has 3 nitrogen and oxygen atoms in total. The molecular formula is C11H10O3S. The molecule has 78 valence electrons. The summed E-state index contributed by atoms with van der Waals surface area (Å²) in [6, 6.07) is 5.62. The van der Waals surface area contributed by atoms with Crippen molar-refractivity contribution in [3.63, 3.8) is 0 Å². The summed E-state index contributed by atoms with van der Waals surface area (Å²) in [5.41, 5.74) is 1.24. The van der Waals surface area contributed by atoms with E-state index in [4.69, 9.17) is 9.84 Å². The molecule has 0 amide bonds. The molecule has 0 unspecified atom stereocenters. The fourth-order valence-corrected chi connectivity index (χ4v) is 2.35. The maximum absolute atomic E-state index is 10.3. The van der Waals surface area contributed by atoms with Crippen molar-refractivity contribution in [1.82, 2.24) is 0 Å². The number of ether oxygens (including phenoxy) is 1. The number of hydrogen-bond donors (Lipinski definition) is 1. The fraction of sp³-hybridized carbons (Fsp3) is 0.182. The maximum atomic E-state index is 10.3. The Kier molecular flexibility index (Phi) is 2.60. The Morgan fingerprint density at radius 2 is 2.33 bits per heavy atom. The third-order valence-electron chi connectivity index (χ3n) is 2.10. The van der Waals surface area contributed by atoms with E-state index < -0.39 is 5.97 Å².